The molecule has 3 aromatic carbocycles. The molecule has 0 saturated carbocycles. The number of hydrogen-bond acceptors (Lipinski definition) is 5. The van der Waals surface area contributed by atoms with Crippen molar-refractivity contribution in [1.29, 1.82) is 0 Å². The zero-order chi connectivity index (χ0) is 21.5. The highest BCUT2D eigenvalue weighted by molar-refractivity contribution is 9.10. The van der Waals surface area contributed by atoms with Crippen LogP contribution in [0.4, 0.5) is 5.69 Å². The molecule has 0 fully saturated rings. The third-order valence-electron chi connectivity index (χ3n) is 4.80. The van der Waals surface area contributed by atoms with Gasteiger partial charge in [0, 0.05) is 22.1 Å². The van der Waals surface area contributed by atoms with Crippen molar-refractivity contribution >= 4 is 27.4 Å². The van der Waals surface area contributed by atoms with E-state index in [0.717, 1.165) is 21.5 Å². The maximum Gasteiger partial charge on any atom is 0.165 e. The van der Waals surface area contributed by atoms with Gasteiger partial charge < -0.3 is 19.5 Å². The van der Waals surface area contributed by atoms with Crippen LogP contribution in [0.15, 0.2) is 71.2 Å². The molecule has 3 rings (SSSR count). The summed E-state index contributed by atoms with van der Waals surface area (Å²) in [7, 11) is 4.76. The third-order valence-corrected chi connectivity index (χ3v) is 5.33. The van der Waals surface area contributed by atoms with E-state index < -0.39 is 0 Å². The normalized spacial score (nSPS) is 11.5. The number of ketones is 1. The summed E-state index contributed by atoms with van der Waals surface area (Å²) in [6.45, 7) is 0. The standard InChI is InChI=1S/C24H24BrNO4/c1-28-20-11-9-19(10-12-20)26-21(16-4-7-18(25)8-5-16)15-22(27)17-6-13-23(29-2)24(14-17)30-3/h4-14,21,26H,15H2,1-3H3. The fourth-order valence-corrected chi connectivity index (χ4v) is 3.41. The van der Waals surface area contributed by atoms with E-state index in [0.29, 0.717) is 17.1 Å². The van der Waals surface area contributed by atoms with Crippen LogP contribution in [-0.2, 0) is 0 Å². The largest absolute Gasteiger partial charge is 0.497 e. The number of carbonyl (C=O) groups is 1. The molecule has 30 heavy (non-hydrogen) atoms. The van der Waals surface area contributed by atoms with Crippen LogP contribution >= 0.6 is 15.9 Å². The Balaban J connectivity index is 1.85. The van der Waals surface area contributed by atoms with Crippen LogP contribution in [0.2, 0.25) is 0 Å². The predicted octanol–water partition coefficient (Wildman–Crippen LogP) is 5.90. The summed E-state index contributed by atoms with van der Waals surface area (Å²) in [6.07, 6.45) is 0.281. The number of nitrogens with one attached hydrogen (secondary N) is 1. The van der Waals surface area contributed by atoms with E-state index in [1.54, 1.807) is 39.5 Å². The molecule has 3 aromatic rings. The zero-order valence-corrected chi connectivity index (χ0v) is 18.7. The first-order chi connectivity index (χ1) is 14.5. The number of ether oxygens (including phenoxy) is 3. The minimum atomic E-state index is -0.202. The smallest absolute Gasteiger partial charge is 0.165 e. The van der Waals surface area contributed by atoms with Gasteiger partial charge in [-0.3, -0.25) is 4.79 Å². The quantitative estimate of drug-likeness (QED) is 0.395. The Hall–Kier alpha value is -2.99. The van der Waals surface area contributed by atoms with Gasteiger partial charge >= 0.3 is 0 Å². The number of hydrogen-bond donors (Lipinski definition) is 1. The molecule has 0 amide bonds. The molecule has 0 spiro atoms. The molecule has 5 nitrogen and oxygen atoms in total. The van der Waals surface area contributed by atoms with Gasteiger partial charge in [-0.15, -0.1) is 0 Å². The maximum atomic E-state index is 13.1. The first kappa shape index (κ1) is 21.7. The third kappa shape index (κ3) is 5.33. The van der Waals surface area contributed by atoms with Gasteiger partial charge in [0.15, 0.2) is 17.3 Å². The van der Waals surface area contributed by atoms with Crippen LogP contribution < -0.4 is 19.5 Å². The summed E-state index contributed by atoms with van der Waals surface area (Å²) in [5.74, 6) is 1.91. The van der Waals surface area contributed by atoms with Crippen LogP contribution in [0.25, 0.3) is 0 Å². The van der Waals surface area contributed by atoms with Crippen molar-refractivity contribution in [3.05, 3.63) is 82.3 Å². The molecule has 156 valence electrons. The summed E-state index contributed by atoms with van der Waals surface area (Å²) in [6, 6.07) is 20.6. The molecule has 0 aliphatic rings. The van der Waals surface area contributed by atoms with Crippen LogP contribution in [0.3, 0.4) is 0 Å². The van der Waals surface area contributed by atoms with E-state index in [1.165, 1.54) is 0 Å². The molecule has 1 atom stereocenters. The average Bonchev–Trinajstić information content (AvgIpc) is 2.79. The predicted molar refractivity (Wildman–Crippen MR) is 122 cm³/mol. The van der Waals surface area contributed by atoms with E-state index >= 15 is 0 Å². The molecule has 0 radical (unpaired) electrons. The fourth-order valence-electron chi connectivity index (χ4n) is 3.15. The molecule has 0 aliphatic carbocycles. The number of anilines is 1. The van der Waals surface area contributed by atoms with Gasteiger partial charge in [-0.25, -0.2) is 0 Å². The molecular formula is C24H24BrNO4. The summed E-state index contributed by atoms with van der Waals surface area (Å²) >= 11 is 3.47. The number of methoxy groups -OCH3 is 3. The van der Waals surface area contributed by atoms with Crippen molar-refractivity contribution in [2.45, 2.75) is 12.5 Å². The van der Waals surface area contributed by atoms with Crippen molar-refractivity contribution in [1.82, 2.24) is 0 Å². The molecule has 0 bridgehead atoms. The Kier molecular flexibility index (Phi) is 7.36. The lowest BCUT2D eigenvalue weighted by Crippen LogP contribution is -2.16. The molecule has 0 saturated heterocycles. The van der Waals surface area contributed by atoms with Crippen molar-refractivity contribution in [3.8, 4) is 17.2 Å². The van der Waals surface area contributed by atoms with Gasteiger partial charge in [-0.05, 0) is 60.2 Å². The number of Topliss-reactive ketones (excluding diaryl/α,β-unsaturated/α-hetero) is 1. The number of halogens is 1. The van der Waals surface area contributed by atoms with Gasteiger partial charge in [0.2, 0.25) is 0 Å². The van der Waals surface area contributed by atoms with Crippen molar-refractivity contribution in [2.24, 2.45) is 0 Å². The lowest BCUT2D eigenvalue weighted by atomic mass is 9.97. The van der Waals surface area contributed by atoms with E-state index in [1.807, 2.05) is 48.5 Å². The molecule has 1 unspecified atom stereocenters. The highest BCUT2D eigenvalue weighted by Crippen LogP contribution is 2.31. The monoisotopic (exact) mass is 469 g/mol. The zero-order valence-electron chi connectivity index (χ0n) is 17.1. The molecular weight excluding hydrogens is 446 g/mol. The second-order valence-corrected chi connectivity index (χ2v) is 7.59. The first-order valence-corrected chi connectivity index (χ1v) is 10.2. The molecule has 0 aliphatic heterocycles. The minimum absolute atomic E-state index is 0.00452. The molecule has 0 aromatic heterocycles. The number of rotatable bonds is 9. The highest BCUT2D eigenvalue weighted by Gasteiger charge is 2.19. The summed E-state index contributed by atoms with van der Waals surface area (Å²) < 4.78 is 16.8. The van der Waals surface area contributed by atoms with Gasteiger partial charge in [0.25, 0.3) is 0 Å². The van der Waals surface area contributed by atoms with E-state index in [9.17, 15) is 4.79 Å². The topological polar surface area (TPSA) is 56.8 Å². The van der Waals surface area contributed by atoms with Crippen molar-refractivity contribution < 1.29 is 19.0 Å². The first-order valence-electron chi connectivity index (χ1n) is 9.45. The lowest BCUT2D eigenvalue weighted by Gasteiger charge is -2.21. The lowest BCUT2D eigenvalue weighted by molar-refractivity contribution is 0.0976. The van der Waals surface area contributed by atoms with Gasteiger partial charge in [0.05, 0.1) is 27.4 Å². The van der Waals surface area contributed by atoms with E-state index in [-0.39, 0.29) is 18.2 Å². The molecule has 6 heteroatoms. The van der Waals surface area contributed by atoms with Crippen LogP contribution in [0.1, 0.15) is 28.4 Å². The number of benzene rings is 3. The minimum Gasteiger partial charge on any atom is -0.497 e. The second kappa shape index (κ2) is 10.2. The van der Waals surface area contributed by atoms with Crippen molar-refractivity contribution in [2.75, 3.05) is 26.6 Å². The summed E-state index contributed by atoms with van der Waals surface area (Å²) in [5.41, 5.74) is 2.50. The Morgan fingerprint density at radius 2 is 1.53 bits per heavy atom. The van der Waals surface area contributed by atoms with Gasteiger partial charge in [-0.2, -0.15) is 0 Å². The average molecular weight is 470 g/mol. The molecule has 1 N–H and O–H groups in total. The van der Waals surface area contributed by atoms with Gasteiger partial charge in [0.1, 0.15) is 5.75 Å². The van der Waals surface area contributed by atoms with Crippen LogP contribution in [-0.4, -0.2) is 27.1 Å². The van der Waals surface area contributed by atoms with E-state index in [4.69, 9.17) is 14.2 Å². The van der Waals surface area contributed by atoms with Crippen LogP contribution in [0.5, 0.6) is 17.2 Å². The van der Waals surface area contributed by atoms with Crippen LogP contribution in [0, 0.1) is 0 Å². The Morgan fingerprint density at radius 3 is 2.13 bits per heavy atom. The SMILES string of the molecule is COc1ccc(NC(CC(=O)c2ccc(OC)c(OC)c2)c2ccc(Br)cc2)cc1. The van der Waals surface area contributed by atoms with Crippen molar-refractivity contribution in [3.63, 3.8) is 0 Å². The molecule has 0 heterocycles. The van der Waals surface area contributed by atoms with E-state index in [2.05, 4.69) is 21.2 Å². The van der Waals surface area contributed by atoms with Gasteiger partial charge in [-0.1, -0.05) is 28.1 Å². The highest BCUT2D eigenvalue weighted by atomic mass is 79.9. The number of carbonyl (C=O) groups excluding carboxylic acids is 1. The second-order valence-electron chi connectivity index (χ2n) is 6.67. The Labute approximate surface area is 185 Å². The maximum absolute atomic E-state index is 13.1. The Bertz CT molecular complexity index is 987. The summed E-state index contributed by atoms with van der Waals surface area (Å²) in [5, 5.41) is 3.47. The fraction of sp³-hybridized carbons (Fsp3) is 0.208. The summed E-state index contributed by atoms with van der Waals surface area (Å²) in [4.78, 5) is 13.1. The Morgan fingerprint density at radius 1 is 0.867 bits per heavy atom.